The first-order valence-electron chi connectivity index (χ1n) is 7.60. The van der Waals surface area contributed by atoms with Gasteiger partial charge in [-0.15, -0.1) is 0 Å². The lowest BCUT2D eigenvalue weighted by molar-refractivity contribution is 0.00749. The molecule has 0 atom stereocenters. The molecule has 4 nitrogen and oxygen atoms in total. The van der Waals surface area contributed by atoms with E-state index in [-0.39, 0.29) is 17.4 Å². The molecule has 23 heavy (non-hydrogen) atoms. The molecule has 0 spiro atoms. The highest BCUT2D eigenvalue weighted by atomic mass is 127. The van der Waals surface area contributed by atoms with Gasteiger partial charge in [-0.05, 0) is 82.3 Å². The molecule has 6 heteroatoms. The van der Waals surface area contributed by atoms with Crippen LogP contribution in [0.1, 0.15) is 41.5 Å². The van der Waals surface area contributed by atoms with Crippen LogP contribution in [0.5, 0.6) is 0 Å². The molecule has 130 valence electrons. The largest absolute Gasteiger partial charge is 0.444 e. The fourth-order valence-corrected chi connectivity index (χ4v) is 2.62. The summed E-state index contributed by atoms with van der Waals surface area (Å²) in [5.41, 5.74) is -0.0228. The van der Waals surface area contributed by atoms with E-state index in [1.54, 1.807) is 11.0 Å². The molecule has 0 aromatic heterocycles. The maximum atomic E-state index is 13.1. The normalized spacial score (nSPS) is 12.0. The van der Waals surface area contributed by atoms with Crippen molar-refractivity contribution in [2.24, 2.45) is 0 Å². The Morgan fingerprint density at radius 2 is 1.87 bits per heavy atom. The second-order valence-electron chi connectivity index (χ2n) is 7.35. The zero-order valence-corrected chi connectivity index (χ0v) is 16.8. The smallest absolute Gasteiger partial charge is 0.410 e. The molecule has 0 fully saturated rings. The molecule has 0 saturated heterocycles. The second kappa shape index (κ2) is 7.68. The van der Waals surface area contributed by atoms with E-state index < -0.39 is 5.60 Å². The first-order valence-corrected chi connectivity index (χ1v) is 8.67. The zero-order valence-electron chi connectivity index (χ0n) is 14.7. The van der Waals surface area contributed by atoms with Gasteiger partial charge >= 0.3 is 6.09 Å². The van der Waals surface area contributed by atoms with Crippen LogP contribution in [0.15, 0.2) is 18.2 Å². The number of halogens is 2. The molecule has 1 N–H and O–H groups in total. The van der Waals surface area contributed by atoms with E-state index in [1.165, 1.54) is 12.1 Å². The lowest BCUT2D eigenvalue weighted by atomic mass is 10.1. The Hall–Kier alpha value is -1.05. The number of benzene rings is 1. The summed E-state index contributed by atoms with van der Waals surface area (Å²) in [4.78, 5) is 14.1. The van der Waals surface area contributed by atoms with Crippen LogP contribution < -0.4 is 5.32 Å². The Labute approximate surface area is 151 Å². The van der Waals surface area contributed by atoms with Crippen molar-refractivity contribution < 1.29 is 13.9 Å². The van der Waals surface area contributed by atoms with Crippen LogP contribution in [0.25, 0.3) is 0 Å². The van der Waals surface area contributed by atoms with Gasteiger partial charge in [-0.25, -0.2) is 9.18 Å². The lowest BCUT2D eigenvalue weighted by Gasteiger charge is -2.37. The maximum Gasteiger partial charge on any atom is 0.410 e. The lowest BCUT2D eigenvalue weighted by Crippen LogP contribution is -2.49. The van der Waals surface area contributed by atoms with E-state index in [0.29, 0.717) is 13.1 Å². The van der Waals surface area contributed by atoms with Crippen LogP contribution in [-0.4, -0.2) is 35.2 Å². The molecule has 0 heterocycles. The van der Waals surface area contributed by atoms with Gasteiger partial charge in [-0.3, -0.25) is 0 Å². The van der Waals surface area contributed by atoms with Crippen LogP contribution in [-0.2, 0) is 4.74 Å². The number of amides is 1. The molecule has 0 unspecified atom stereocenters. The van der Waals surface area contributed by atoms with Crippen molar-refractivity contribution in [1.29, 1.82) is 0 Å². The molecule has 1 amide bonds. The quantitative estimate of drug-likeness (QED) is 0.685. The number of rotatable bonds is 4. The average molecular weight is 436 g/mol. The van der Waals surface area contributed by atoms with Crippen LogP contribution in [0.3, 0.4) is 0 Å². The van der Waals surface area contributed by atoms with Crippen molar-refractivity contribution >= 4 is 34.4 Å². The van der Waals surface area contributed by atoms with Crippen molar-refractivity contribution in [2.45, 2.75) is 52.7 Å². The Balaban J connectivity index is 2.70. The van der Waals surface area contributed by atoms with Gasteiger partial charge in [-0.2, -0.15) is 0 Å². The van der Waals surface area contributed by atoms with Gasteiger partial charge in [0, 0.05) is 27.9 Å². The topological polar surface area (TPSA) is 41.6 Å². The Bertz CT molecular complexity index is 551. The summed E-state index contributed by atoms with van der Waals surface area (Å²) in [7, 11) is 0. The monoisotopic (exact) mass is 436 g/mol. The van der Waals surface area contributed by atoms with Gasteiger partial charge in [0.05, 0.1) is 0 Å². The fourth-order valence-electron chi connectivity index (χ4n) is 1.95. The van der Waals surface area contributed by atoms with Crippen molar-refractivity contribution in [3.05, 3.63) is 27.6 Å². The number of carbonyl (C=O) groups is 1. The van der Waals surface area contributed by atoms with E-state index in [0.717, 1.165) is 9.26 Å². The molecule has 0 aliphatic rings. The third-order valence-electron chi connectivity index (χ3n) is 3.01. The zero-order chi connectivity index (χ0) is 17.8. The van der Waals surface area contributed by atoms with Gasteiger partial charge in [0.1, 0.15) is 11.4 Å². The number of anilines is 1. The first kappa shape index (κ1) is 20.0. The van der Waals surface area contributed by atoms with Crippen molar-refractivity contribution in [3.8, 4) is 0 Å². The van der Waals surface area contributed by atoms with Crippen LogP contribution in [0.4, 0.5) is 14.9 Å². The van der Waals surface area contributed by atoms with Crippen LogP contribution in [0, 0.1) is 9.39 Å². The highest BCUT2D eigenvalue weighted by molar-refractivity contribution is 14.1. The van der Waals surface area contributed by atoms with Crippen LogP contribution >= 0.6 is 22.6 Å². The summed E-state index contributed by atoms with van der Waals surface area (Å²) in [6, 6.07) is 4.59. The summed E-state index contributed by atoms with van der Waals surface area (Å²) in [5, 5.41) is 3.24. The first-order chi connectivity index (χ1) is 10.4. The molecule has 0 bridgehead atoms. The average Bonchev–Trinajstić information content (AvgIpc) is 2.32. The van der Waals surface area contributed by atoms with E-state index in [4.69, 9.17) is 4.74 Å². The molecule has 1 aromatic rings. The third kappa shape index (κ3) is 6.93. The predicted octanol–water partition coefficient (Wildman–Crippen LogP) is 4.88. The third-order valence-corrected chi connectivity index (χ3v) is 3.90. The summed E-state index contributed by atoms with van der Waals surface area (Å²) >= 11 is 2.08. The minimum atomic E-state index is -0.527. The predicted molar refractivity (Wildman–Crippen MR) is 100 cm³/mol. The number of carbonyl (C=O) groups excluding carboxylic acids is 1. The molecular weight excluding hydrogens is 410 g/mol. The molecular formula is C17H26FIN2O2. The summed E-state index contributed by atoms with van der Waals surface area (Å²) in [6.07, 6.45) is -0.333. The van der Waals surface area contributed by atoms with Crippen molar-refractivity contribution in [2.75, 3.05) is 18.4 Å². The fraction of sp³-hybridized carbons (Fsp3) is 0.588. The standard InChI is InChI=1S/C17H26FIN2O2/c1-16(2,3)21(15(22)23-17(4,5)6)10-9-20-14-8-7-12(18)11-13(14)19/h7-8,11,20H,9-10H2,1-6H3. The van der Waals surface area contributed by atoms with Gasteiger partial charge in [0.2, 0.25) is 0 Å². The summed E-state index contributed by atoms with van der Waals surface area (Å²) in [5.74, 6) is -0.259. The number of ether oxygens (including phenoxy) is 1. The number of nitrogens with zero attached hydrogens (tertiary/aromatic N) is 1. The molecule has 0 saturated carbocycles. The van der Waals surface area contributed by atoms with Crippen molar-refractivity contribution in [3.63, 3.8) is 0 Å². The highest BCUT2D eigenvalue weighted by Crippen LogP contribution is 2.20. The van der Waals surface area contributed by atoms with Crippen LogP contribution in [0.2, 0.25) is 0 Å². The Morgan fingerprint density at radius 3 is 2.35 bits per heavy atom. The maximum absolute atomic E-state index is 13.1. The molecule has 0 radical (unpaired) electrons. The highest BCUT2D eigenvalue weighted by Gasteiger charge is 2.30. The number of hydrogen-bond acceptors (Lipinski definition) is 3. The number of hydrogen-bond donors (Lipinski definition) is 1. The Morgan fingerprint density at radius 1 is 1.26 bits per heavy atom. The SMILES string of the molecule is CC(C)(C)OC(=O)N(CCNc1ccc(F)cc1I)C(C)(C)C. The van der Waals surface area contributed by atoms with E-state index >= 15 is 0 Å². The van der Waals surface area contributed by atoms with E-state index in [2.05, 4.69) is 27.9 Å². The molecule has 1 rings (SSSR count). The minimum absolute atomic E-state index is 0.259. The van der Waals surface area contributed by atoms with E-state index in [9.17, 15) is 9.18 Å². The van der Waals surface area contributed by atoms with Gasteiger partial charge in [0.15, 0.2) is 0 Å². The van der Waals surface area contributed by atoms with E-state index in [1.807, 2.05) is 41.5 Å². The van der Waals surface area contributed by atoms with Gasteiger partial charge in [-0.1, -0.05) is 0 Å². The number of nitrogens with one attached hydrogen (secondary N) is 1. The molecule has 1 aromatic carbocycles. The molecule has 0 aliphatic carbocycles. The second-order valence-corrected chi connectivity index (χ2v) is 8.52. The van der Waals surface area contributed by atoms with Gasteiger partial charge in [0.25, 0.3) is 0 Å². The van der Waals surface area contributed by atoms with Crippen molar-refractivity contribution in [1.82, 2.24) is 4.90 Å². The Kier molecular flexibility index (Phi) is 6.68. The molecule has 0 aliphatic heterocycles. The summed E-state index contributed by atoms with van der Waals surface area (Å²) < 4.78 is 19.4. The minimum Gasteiger partial charge on any atom is -0.444 e. The summed E-state index contributed by atoms with van der Waals surface area (Å²) in [6.45, 7) is 12.5. The van der Waals surface area contributed by atoms with Gasteiger partial charge < -0.3 is 15.0 Å².